The molecule has 4 nitrogen and oxygen atoms in total. The van der Waals surface area contributed by atoms with E-state index >= 15 is 0 Å². The van der Waals surface area contributed by atoms with Crippen LogP contribution in [0.15, 0.2) is 91.0 Å². The van der Waals surface area contributed by atoms with E-state index in [0.717, 1.165) is 11.1 Å². The third-order valence-electron chi connectivity index (χ3n) is 6.60. The Labute approximate surface area is 195 Å². The van der Waals surface area contributed by atoms with Crippen LogP contribution in [0.2, 0.25) is 0 Å². The lowest BCUT2D eigenvalue weighted by Gasteiger charge is -2.41. The molecule has 0 aliphatic heterocycles. The second-order valence-corrected chi connectivity index (χ2v) is 8.87. The largest absolute Gasteiger partial charge is 0.481 e. The third-order valence-corrected chi connectivity index (χ3v) is 6.60. The van der Waals surface area contributed by atoms with Crippen molar-refractivity contribution in [3.63, 3.8) is 0 Å². The lowest BCUT2D eigenvalue weighted by atomic mass is 9.60. The Morgan fingerprint density at radius 3 is 2.33 bits per heavy atom. The van der Waals surface area contributed by atoms with Crippen LogP contribution in [0.1, 0.15) is 43.2 Å². The number of benzene rings is 2. The molecule has 1 aliphatic rings. The van der Waals surface area contributed by atoms with Crippen molar-refractivity contribution >= 4 is 12.0 Å². The lowest BCUT2D eigenvalue weighted by molar-refractivity contribution is -0.149. The monoisotopic (exact) mass is 436 g/mol. The number of carbonyl (C=O) groups is 1. The molecular formula is C29H28N2O2. The molecule has 0 fully saturated rings. The highest BCUT2D eigenvalue weighted by atomic mass is 16.4. The van der Waals surface area contributed by atoms with Crippen molar-refractivity contribution in [3.8, 4) is 12.1 Å². The van der Waals surface area contributed by atoms with Gasteiger partial charge in [-0.05, 0) is 42.4 Å². The van der Waals surface area contributed by atoms with Crippen LogP contribution >= 0.6 is 0 Å². The average Bonchev–Trinajstić information content (AvgIpc) is 2.84. The van der Waals surface area contributed by atoms with Crippen molar-refractivity contribution in [1.29, 1.82) is 10.5 Å². The molecule has 2 unspecified atom stereocenters. The normalized spacial score (nSPS) is 21.4. The topological polar surface area (TPSA) is 84.9 Å². The van der Waals surface area contributed by atoms with Crippen LogP contribution in [-0.4, -0.2) is 11.1 Å². The fourth-order valence-corrected chi connectivity index (χ4v) is 4.66. The number of carboxylic acid groups (broad SMARTS) is 1. The highest BCUT2D eigenvalue weighted by molar-refractivity contribution is 5.75. The van der Waals surface area contributed by atoms with E-state index in [-0.39, 0.29) is 24.7 Å². The minimum absolute atomic E-state index is 0.191. The molecule has 0 saturated heterocycles. The van der Waals surface area contributed by atoms with E-state index in [1.807, 2.05) is 72.8 Å². The van der Waals surface area contributed by atoms with Gasteiger partial charge in [0.1, 0.15) is 0 Å². The van der Waals surface area contributed by atoms with Crippen LogP contribution < -0.4 is 0 Å². The first kappa shape index (κ1) is 23.8. The van der Waals surface area contributed by atoms with Crippen LogP contribution in [0, 0.1) is 39.4 Å². The molecule has 0 aromatic heterocycles. The molecule has 3 rings (SSSR count). The fourth-order valence-electron chi connectivity index (χ4n) is 4.66. The van der Waals surface area contributed by atoms with Gasteiger partial charge >= 0.3 is 5.97 Å². The number of nitriles is 2. The number of rotatable bonds is 8. The molecule has 33 heavy (non-hydrogen) atoms. The minimum atomic E-state index is -1.38. The molecule has 2 aromatic carbocycles. The zero-order valence-corrected chi connectivity index (χ0v) is 18.8. The van der Waals surface area contributed by atoms with Gasteiger partial charge in [0.05, 0.1) is 17.6 Å². The summed E-state index contributed by atoms with van der Waals surface area (Å²) in [5.41, 5.74) is 0.377. The van der Waals surface area contributed by atoms with Crippen molar-refractivity contribution in [2.75, 3.05) is 0 Å². The Balaban J connectivity index is 2.19. The predicted molar refractivity (Wildman–Crippen MR) is 130 cm³/mol. The molecule has 166 valence electrons. The lowest BCUT2D eigenvalue weighted by Crippen LogP contribution is -2.39. The molecule has 0 heterocycles. The quantitative estimate of drug-likeness (QED) is 0.477. The summed E-state index contributed by atoms with van der Waals surface area (Å²) in [7, 11) is 0. The molecule has 0 saturated carbocycles. The van der Waals surface area contributed by atoms with Crippen molar-refractivity contribution in [3.05, 3.63) is 102 Å². The molecule has 3 atom stereocenters. The van der Waals surface area contributed by atoms with Crippen molar-refractivity contribution in [2.45, 2.75) is 32.1 Å². The van der Waals surface area contributed by atoms with Gasteiger partial charge in [0.15, 0.2) is 5.41 Å². The number of allylic oxidation sites excluding steroid dienone is 4. The Morgan fingerprint density at radius 1 is 1.18 bits per heavy atom. The maximum absolute atomic E-state index is 12.2. The summed E-state index contributed by atoms with van der Waals surface area (Å²) < 4.78 is 0. The van der Waals surface area contributed by atoms with Crippen molar-refractivity contribution in [2.24, 2.45) is 16.7 Å². The maximum atomic E-state index is 12.2. The summed E-state index contributed by atoms with van der Waals surface area (Å²) in [6, 6.07) is 24.2. The Morgan fingerprint density at radius 2 is 1.79 bits per heavy atom. The van der Waals surface area contributed by atoms with Gasteiger partial charge in [-0.3, -0.25) is 4.79 Å². The molecular weight excluding hydrogens is 408 g/mol. The number of carboxylic acids is 1. The van der Waals surface area contributed by atoms with Gasteiger partial charge in [-0.15, -0.1) is 6.58 Å². The molecule has 1 N–H and O–H groups in total. The molecule has 2 aromatic rings. The SMILES string of the molecule is C=CCC(C#N)(C#N)C1=CC[C@@](C)(C(=O)O)CC1C(/C=C/c1ccccc1)c1ccccc1. The van der Waals surface area contributed by atoms with Crippen LogP contribution in [0.4, 0.5) is 0 Å². The summed E-state index contributed by atoms with van der Waals surface area (Å²) >= 11 is 0. The molecule has 0 bridgehead atoms. The molecule has 0 amide bonds. The highest BCUT2D eigenvalue weighted by Crippen LogP contribution is 2.51. The van der Waals surface area contributed by atoms with E-state index in [0.29, 0.717) is 12.0 Å². The Kier molecular flexibility index (Phi) is 7.31. The van der Waals surface area contributed by atoms with Gasteiger partial charge in [0.25, 0.3) is 0 Å². The fraction of sp³-hybridized carbons (Fsp3) is 0.276. The average molecular weight is 437 g/mol. The van der Waals surface area contributed by atoms with E-state index in [2.05, 4.69) is 24.8 Å². The Hall–Kier alpha value is -3.89. The standard InChI is InChI=1S/C29H28N2O2/c1-3-17-29(20-30,21-31)26-16-18-28(2,27(32)33)19-25(26)24(23-12-8-5-9-13-23)15-14-22-10-6-4-7-11-22/h3-16,24-25H,1,17-19H2,2H3,(H,32,33)/b15-14+/t24?,25?,28-/m1/s1. The minimum Gasteiger partial charge on any atom is -0.481 e. The zero-order chi connectivity index (χ0) is 23.9. The second kappa shape index (κ2) is 10.2. The van der Waals surface area contributed by atoms with Gasteiger partial charge in [0, 0.05) is 12.3 Å². The van der Waals surface area contributed by atoms with Crippen LogP contribution in [0.3, 0.4) is 0 Å². The molecule has 0 radical (unpaired) electrons. The zero-order valence-electron chi connectivity index (χ0n) is 18.8. The highest BCUT2D eigenvalue weighted by Gasteiger charge is 2.48. The van der Waals surface area contributed by atoms with Gasteiger partial charge in [-0.25, -0.2) is 0 Å². The third kappa shape index (κ3) is 4.97. The predicted octanol–water partition coefficient (Wildman–Crippen LogP) is 6.52. The van der Waals surface area contributed by atoms with E-state index in [1.165, 1.54) is 0 Å². The Bertz CT molecular complexity index is 1120. The summed E-state index contributed by atoms with van der Waals surface area (Å²) in [5.74, 6) is -1.41. The summed E-state index contributed by atoms with van der Waals surface area (Å²) in [6.07, 6.45) is 8.31. The molecule has 4 heteroatoms. The van der Waals surface area contributed by atoms with Gasteiger partial charge < -0.3 is 5.11 Å². The van der Waals surface area contributed by atoms with Crippen molar-refractivity contribution in [1.82, 2.24) is 0 Å². The van der Waals surface area contributed by atoms with Crippen molar-refractivity contribution < 1.29 is 9.90 Å². The summed E-state index contributed by atoms with van der Waals surface area (Å²) in [6.45, 7) is 5.50. The van der Waals surface area contributed by atoms with Crippen LogP contribution in [-0.2, 0) is 4.79 Å². The first-order valence-electron chi connectivity index (χ1n) is 11.0. The molecule has 1 aliphatic carbocycles. The van der Waals surface area contributed by atoms with E-state index in [1.54, 1.807) is 13.0 Å². The van der Waals surface area contributed by atoms with Gasteiger partial charge in [-0.2, -0.15) is 10.5 Å². The summed E-state index contributed by atoms with van der Waals surface area (Å²) in [4.78, 5) is 12.2. The molecule has 0 spiro atoms. The van der Waals surface area contributed by atoms with E-state index in [9.17, 15) is 20.4 Å². The van der Waals surface area contributed by atoms with Gasteiger partial charge in [0.2, 0.25) is 0 Å². The number of nitrogens with zero attached hydrogens (tertiary/aromatic N) is 2. The van der Waals surface area contributed by atoms with E-state index in [4.69, 9.17) is 0 Å². The number of hydrogen-bond acceptors (Lipinski definition) is 3. The first-order chi connectivity index (χ1) is 15.9. The second-order valence-electron chi connectivity index (χ2n) is 8.87. The number of hydrogen-bond donors (Lipinski definition) is 1. The van der Waals surface area contributed by atoms with E-state index < -0.39 is 16.8 Å². The summed E-state index contributed by atoms with van der Waals surface area (Å²) in [5, 5.41) is 30.2. The van der Waals surface area contributed by atoms with Crippen LogP contribution in [0.25, 0.3) is 6.08 Å². The maximum Gasteiger partial charge on any atom is 0.309 e. The smallest absolute Gasteiger partial charge is 0.309 e. The first-order valence-corrected chi connectivity index (χ1v) is 11.0. The van der Waals surface area contributed by atoms with Crippen LogP contribution in [0.5, 0.6) is 0 Å². The number of aliphatic carboxylic acids is 1. The van der Waals surface area contributed by atoms with Gasteiger partial charge in [-0.1, -0.05) is 85.0 Å².